The van der Waals surface area contributed by atoms with Crippen molar-refractivity contribution in [3.05, 3.63) is 83.8 Å². The maximum atomic E-state index is 13.4. The second kappa shape index (κ2) is 10.3. The lowest BCUT2D eigenvalue weighted by molar-refractivity contribution is -0.120. The van der Waals surface area contributed by atoms with Gasteiger partial charge in [-0.3, -0.25) is 14.5 Å². The van der Waals surface area contributed by atoms with Gasteiger partial charge in [0.25, 0.3) is 11.8 Å². The largest absolute Gasteiger partial charge is 0.489 e. The van der Waals surface area contributed by atoms with Crippen LogP contribution in [0, 0.1) is 6.92 Å². The number of aryl methyl sites for hydroxylation is 1. The van der Waals surface area contributed by atoms with E-state index in [0.717, 1.165) is 35.6 Å². The van der Waals surface area contributed by atoms with Gasteiger partial charge in [0, 0.05) is 31.9 Å². The Labute approximate surface area is 225 Å². The summed E-state index contributed by atoms with van der Waals surface area (Å²) >= 11 is 0. The zero-order valence-electron chi connectivity index (χ0n) is 21.7. The van der Waals surface area contributed by atoms with Gasteiger partial charge in [-0.25, -0.2) is 19.6 Å². The van der Waals surface area contributed by atoms with E-state index in [1.807, 2.05) is 60.1 Å². The minimum absolute atomic E-state index is 0.000444. The molecular formula is C28H28N8O3. The first-order chi connectivity index (χ1) is 19.0. The van der Waals surface area contributed by atoms with Gasteiger partial charge in [0.2, 0.25) is 5.82 Å². The maximum Gasteiger partial charge on any atom is 0.289 e. The SMILES string of the molecule is Cc1cnc(C(=O)N[C@H]2COc3ccc(CN4CCn5ncnc5C4)cc3N(C)C2=O)nc1-c1ccccc1. The molecule has 2 aliphatic rings. The average molecular weight is 525 g/mol. The van der Waals surface area contributed by atoms with Gasteiger partial charge in [-0.05, 0) is 30.2 Å². The molecule has 0 radical (unpaired) electrons. The number of benzene rings is 2. The number of fused-ring (bicyclic) bond motifs is 2. The van der Waals surface area contributed by atoms with Crippen molar-refractivity contribution in [3.8, 4) is 17.0 Å². The van der Waals surface area contributed by atoms with Crippen LogP contribution in [0.4, 0.5) is 5.69 Å². The van der Waals surface area contributed by atoms with E-state index >= 15 is 0 Å². The van der Waals surface area contributed by atoms with Gasteiger partial charge >= 0.3 is 0 Å². The van der Waals surface area contributed by atoms with Crippen LogP contribution in [-0.2, 0) is 24.4 Å². The van der Waals surface area contributed by atoms with Gasteiger partial charge in [0.05, 0.1) is 24.5 Å². The lowest BCUT2D eigenvalue weighted by Gasteiger charge is -2.27. The quantitative estimate of drug-likeness (QED) is 0.422. The summed E-state index contributed by atoms with van der Waals surface area (Å²) in [7, 11) is 1.69. The molecule has 11 heteroatoms. The van der Waals surface area contributed by atoms with Crippen molar-refractivity contribution in [1.29, 1.82) is 0 Å². The molecule has 0 unspecified atom stereocenters. The van der Waals surface area contributed by atoms with Crippen molar-refractivity contribution < 1.29 is 14.3 Å². The van der Waals surface area contributed by atoms with E-state index in [0.29, 0.717) is 30.2 Å². The highest BCUT2D eigenvalue weighted by Gasteiger charge is 2.32. The molecule has 0 bridgehead atoms. The first kappa shape index (κ1) is 24.7. The molecule has 2 amide bonds. The Morgan fingerprint density at radius 2 is 1.97 bits per heavy atom. The molecule has 4 heterocycles. The molecule has 11 nitrogen and oxygen atoms in total. The Balaban J connectivity index is 1.16. The van der Waals surface area contributed by atoms with Crippen molar-refractivity contribution in [2.24, 2.45) is 0 Å². The van der Waals surface area contributed by atoms with Crippen molar-refractivity contribution in [1.82, 2.24) is 34.9 Å². The highest BCUT2D eigenvalue weighted by molar-refractivity contribution is 6.02. The molecule has 0 aliphatic carbocycles. The van der Waals surface area contributed by atoms with Gasteiger partial charge in [-0.15, -0.1) is 0 Å². The van der Waals surface area contributed by atoms with E-state index in [1.165, 1.54) is 4.90 Å². The normalized spacial score (nSPS) is 17.1. The molecule has 6 rings (SSSR count). The number of carbonyl (C=O) groups is 2. The topological polar surface area (TPSA) is 118 Å². The molecule has 1 N–H and O–H groups in total. The molecule has 0 saturated carbocycles. The minimum Gasteiger partial charge on any atom is -0.489 e. The molecule has 2 aliphatic heterocycles. The van der Waals surface area contributed by atoms with Crippen molar-refractivity contribution in [3.63, 3.8) is 0 Å². The lowest BCUT2D eigenvalue weighted by atomic mass is 10.1. The predicted molar refractivity (Wildman–Crippen MR) is 143 cm³/mol. The number of carbonyl (C=O) groups excluding carboxylic acids is 2. The number of likely N-dealkylation sites (N-methyl/N-ethyl adjacent to an activating group) is 1. The third kappa shape index (κ3) is 4.96. The Bertz CT molecular complexity index is 1540. The molecule has 0 saturated heterocycles. The van der Waals surface area contributed by atoms with E-state index in [-0.39, 0.29) is 18.3 Å². The number of nitrogens with zero attached hydrogens (tertiary/aromatic N) is 7. The van der Waals surface area contributed by atoms with Crippen LogP contribution in [0.3, 0.4) is 0 Å². The molecule has 4 aromatic rings. The van der Waals surface area contributed by atoms with E-state index < -0.39 is 11.9 Å². The summed E-state index contributed by atoms with van der Waals surface area (Å²) in [4.78, 5) is 43.4. The summed E-state index contributed by atoms with van der Waals surface area (Å²) in [6.07, 6.45) is 3.20. The van der Waals surface area contributed by atoms with E-state index in [2.05, 4.69) is 30.3 Å². The third-order valence-corrected chi connectivity index (χ3v) is 7.04. The number of nitrogens with one attached hydrogen (secondary N) is 1. The molecule has 2 aromatic heterocycles. The second-order valence-electron chi connectivity index (χ2n) is 9.74. The highest BCUT2D eigenvalue weighted by Crippen LogP contribution is 2.32. The van der Waals surface area contributed by atoms with Crippen LogP contribution in [0.1, 0.15) is 27.6 Å². The van der Waals surface area contributed by atoms with Gasteiger partial charge in [0.15, 0.2) is 0 Å². The number of anilines is 1. The first-order valence-electron chi connectivity index (χ1n) is 12.8. The van der Waals surface area contributed by atoms with Crippen LogP contribution < -0.4 is 15.0 Å². The number of aromatic nitrogens is 5. The molecule has 198 valence electrons. The van der Waals surface area contributed by atoms with Crippen LogP contribution >= 0.6 is 0 Å². The molecule has 39 heavy (non-hydrogen) atoms. The third-order valence-electron chi connectivity index (χ3n) is 7.04. The zero-order chi connectivity index (χ0) is 26.9. The monoisotopic (exact) mass is 524 g/mol. The van der Waals surface area contributed by atoms with Gasteiger partial charge in [-0.2, -0.15) is 5.10 Å². The Kier molecular flexibility index (Phi) is 6.49. The number of hydrogen-bond donors (Lipinski definition) is 1. The first-order valence-corrected chi connectivity index (χ1v) is 12.8. The summed E-state index contributed by atoms with van der Waals surface area (Å²) in [5, 5.41) is 7.01. The smallest absolute Gasteiger partial charge is 0.289 e. The van der Waals surface area contributed by atoms with Gasteiger partial charge < -0.3 is 15.0 Å². The van der Waals surface area contributed by atoms with Crippen LogP contribution in [-0.4, -0.2) is 67.7 Å². The Morgan fingerprint density at radius 3 is 2.82 bits per heavy atom. The van der Waals surface area contributed by atoms with E-state index in [9.17, 15) is 9.59 Å². The van der Waals surface area contributed by atoms with Crippen molar-refractivity contribution >= 4 is 17.5 Å². The lowest BCUT2D eigenvalue weighted by Crippen LogP contribution is -2.49. The highest BCUT2D eigenvalue weighted by atomic mass is 16.5. The van der Waals surface area contributed by atoms with Crippen molar-refractivity contribution in [2.75, 3.05) is 25.1 Å². The average Bonchev–Trinajstić information content (AvgIpc) is 3.39. The van der Waals surface area contributed by atoms with Crippen molar-refractivity contribution in [2.45, 2.75) is 32.6 Å². The standard InChI is InChI=1S/C28H28N8O3/c1-18-13-29-26(33-25(18)20-6-4-3-5-7-20)27(37)32-21-16-39-23-9-8-19(12-22(23)34(2)28(21)38)14-35-10-11-36-24(15-35)30-17-31-36/h3-9,12-13,17,21H,10-11,14-16H2,1-2H3,(H,32,37)/t21-/m0/s1. The molecule has 2 aromatic carbocycles. The summed E-state index contributed by atoms with van der Waals surface area (Å²) in [5.41, 5.74) is 4.12. The molecule has 0 fully saturated rings. The number of amides is 2. The summed E-state index contributed by atoms with van der Waals surface area (Å²) in [6.45, 7) is 4.96. The number of ether oxygens (including phenoxy) is 1. The summed E-state index contributed by atoms with van der Waals surface area (Å²) < 4.78 is 7.90. The zero-order valence-corrected chi connectivity index (χ0v) is 21.7. The molecular weight excluding hydrogens is 496 g/mol. The summed E-state index contributed by atoms with van der Waals surface area (Å²) in [5.74, 6) is 0.713. The fraction of sp³-hybridized carbons (Fsp3) is 0.286. The molecule has 0 spiro atoms. The van der Waals surface area contributed by atoms with Crippen LogP contribution in [0.2, 0.25) is 0 Å². The number of hydrogen-bond acceptors (Lipinski definition) is 8. The van der Waals surface area contributed by atoms with Crippen LogP contribution in [0.15, 0.2) is 61.1 Å². The Hall–Kier alpha value is -4.64. The van der Waals surface area contributed by atoms with Crippen LogP contribution in [0.5, 0.6) is 5.75 Å². The summed E-state index contributed by atoms with van der Waals surface area (Å²) in [6, 6.07) is 14.6. The van der Waals surface area contributed by atoms with Crippen LogP contribution in [0.25, 0.3) is 11.3 Å². The fourth-order valence-corrected chi connectivity index (χ4v) is 4.91. The second-order valence-corrected chi connectivity index (χ2v) is 9.74. The van der Waals surface area contributed by atoms with Gasteiger partial charge in [-0.1, -0.05) is 36.4 Å². The van der Waals surface area contributed by atoms with Gasteiger partial charge in [0.1, 0.15) is 30.5 Å². The predicted octanol–water partition coefficient (Wildman–Crippen LogP) is 2.21. The van der Waals surface area contributed by atoms with E-state index in [4.69, 9.17) is 4.74 Å². The molecule has 1 atom stereocenters. The fourth-order valence-electron chi connectivity index (χ4n) is 4.91. The van der Waals surface area contributed by atoms with E-state index in [1.54, 1.807) is 19.6 Å². The number of rotatable bonds is 5. The Morgan fingerprint density at radius 1 is 1.13 bits per heavy atom. The minimum atomic E-state index is -0.892. The maximum absolute atomic E-state index is 13.4.